The molecule has 0 saturated heterocycles. The van der Waals surface area contributed by atoms with Crippen molar-refractivity contribution in [2.24, 2.45) is 11.8 Å². The summed E-state index contributed by atoms with van der Waals surface area (Å²) in [4.78, 5) is 35.9. The van der Waals surface area contributed by atoms with E-state index in [-0.39, 0.29) is 42.7 Å². The molecule has 0 heterocycles. The largest absolute Gasteiger partial charge is 0.481 e. The number of benzene rings is 2. The van der Waals surface area contributed by atoms with Crippen LogP contribution in [0.4, 0.5) is 4.79 Å². The number of hydrogen-bond acceptors (Lipinski definition) is 4. The van der Waals surface area contributed by atoms with E-state index >= 15 is 0 Å². The fourth-order valence-corrected chi connectivity index (χ4v) is 4.78. The first kappa shape index (κ1) is 23.5. The van der Waals surface area contributed by atoms with Gasteiger partial charge in [0.05, 0.1) is 12.0 Å². The number of carboxylic acids is 1. The number of ether oxygens (including phenoxy) is 1. The highest BCUT2D eigenvalue weighted by Crippen LogP contribution is 2.44. The minimum absolute atomic E-state index is 0.00638. The van der Waals surface area contributed by atoms with Crippen LogP contribution in [0, 0.1) is 11.8 Å². The molecular formula is C27H30N2O5. The van der Waals surface area contributed by atoms with Gasteiger partial charge in [-0.1, -0.05) is 74.0 Å². The first-order valence-corrected chi connectivity index (χ1v) is 11.8. The summed E-state index contributed by atoms with van der Waals surface area (Å²) in [6.45, 7) is 2.47. The molecule has 3 unspecified atom stereocenters. The summed E-state index contributed by atoms with van der Waals surface area (Å²) in [5.41, 5.74) is 4.66. The van der Waals surface area contributed by atoms with Crippen molar-refractivity contribution in [2.45, 2.75) is 38.1 Å². The minimum atomic E-state index is -0.866. The van der Waals surface area contributed by atoms with Gasteiger partial charge in [0, 0.05) is 18.9 Å². The Labute approximate surface area is 199 Å². The molecule has 2 aliphatic rings. The number of aliphatic carboxylic acids is 1. The molecule has 2 aliphatic carbocycles. The van der Waals surface area contributed by atoms with Crippen LogP contribution in [0.2, 0.25) is 0 Å². The number of rotatable bonds is 9. The van der Waals surface area contributed by atoms with Gasteiger partial charge in [-0.15, -0.1) is 0 Å². The zero-order valence-electron chi connectivity index (χ0n) is 19.2. The van der Waals surface area contributed by atoms with Gasteiger partial charge in [-0.25, -0.2) is 4.79 Å². The van der Waals surface area contributed by atoms with Gasteiger partial charge in [-0.05, 0) is 34.6 Å². The van der Waals surface area contributed by atoms with Gasteiger partial charge in [0.25, 0.3) is 0 Å². The molecule has 0 aromatic heterocycles. The van der Waals surface area contributed by atoms with Crippen LogP contribution in [0.15, 0.2) is 60.7 Å². The third kappa shape index (κ3) is 5.30. The molecule has 0 radical (unpaired) electrons. The maximum Gasteiger partial charge on any atom is 0.407 e. The number of amides is 2. The Morgan fingerprint density at radius 2 is 1.68 bits per heavy atom. The zero-order valence-corrected chi connectivity index (χ0v) is 19.2. The van der Waals surface area contributed by atoms with Crippen molar-refractivity contribution < 1.29 is 24.2 Å². The lowest BCUT2D eigenvalue weighted by Crippen LogP contribution is -2.37. The van der Waals surface area contributed by atoms with E-state index in [4.69, 9.17) is 9.84 Å². The molecule has 2 aromatic carbocycles. The second-order valence-corrected chi connectivity index (χ2v) is 8.92. The molecule has 178 valence electrons. The van der Waals surface area contributed by atoms with Crippen molar-refractivity contribution in [2.75, 3.05) is 13.2 Å². The predicted molar refractivity (Wildman–Crippen MR) is 128 cm³/mol. The van der Waals surface area contributed by atoms with E-state index in [0.29, 0.717) is 19.4 Å². The molecule has 7 nitrogen and oxygen atoms in total. The Kier molecular flexibility index (Phi) is 7.30. The second kappa shape index (κ2) is 10.5. The SMILES string of the molecule is CCC(CNC(=O)C1C=CC(NC(=O)OCC2c3ccccc3-c3ccccc32)C1)CC(=O)O. The van der Waals surface area contributed by atoms with Gasteiger partial charge < -0.3 is 20.5 Å². The van der Waals surface area contributed by atoms with Crippen molar-refractivity contribution in [3.63, 3.8) is 0 Å². The number of carbonyl (C=O) groups is 3. The molecule has 0 bridgehead atoms. The fourth-order valence-electron chi connectivity index (χ4n) is 4.78. The molecular weight excluding hydrogens is 432 g/mol. The molecule has 2 aromatic rings. The van der Waals surface area contributed by atoms with E-state index in [1.807, 2.05) is 31.2 Å². The Morgan fingerprint density at radius 3 is 2.29 bits per heavy atom. The normalized spacial score (nSPS) is 19.2. The van der Waals surface area contributed by atoms with E-state index in [9.17, 15) is 14.4 Å². The molecule has 3 N–H and O–H groups in total. The number of nitrogens with one attached hydrogen (secondary N) is 2. The Balaban J connectivity index is 1.25. The van der Waals surface area contributed by atoms with Crippen molar-refractivity contribution in [3.8, 4) is 11.1 Å². The topological polar surface area (TPSA) is 105 Å². The Morgan fingerprint density at radius 1 is 1.03 bits per heavy atom. The number of alkyl carbamates (subject to hydrolysis) is 1. The molecule has 7 heteroatoms. The summed E-state index contributed by atoms with van der Waals surface area (Å²) in [6, 6.07) is 16.1. The quantitative estimate of drug-likeness (QED) is 0.487. The second-order valence-electron chi connectivity index (χ2n) is 8.92. The van der Waals surface area contributed by atoms with Gasteiger partial charge in [0.15, 0.2) is 0 Å². The molecule has 0 saturated carbocycles. The highest BCUT2D eigenvalue weighted by Gasteiger charge is 2.30. The Hall–Kier alpha value is -3.61. The van der Waals surface area contributed by atoms with Crippen molar-refractivity contribution >= 4 is 18.0 Å². The minimum Gasteiger partial charge on any atom is -0.481 e. The van der Waals surface area contributed by atoms with E-state index < -0.39 is 12.1 Å². The van der Waals surface area contributed by atoms with E-state index in [2.05, 4.69) is 34.9 Å². The maximum atomic E-state index is 12.5. The highest BCUT2D eigenvalue weighted by molar-refractivity contribution is 5.81. The monoisotopic (exact) mass is 462 g/mol. The predicted octanol–water partition coefficient (Wildman–Crippen LogP) is 4.09. The molecule has 0 spiro atoms. The van der Waals surface area contributed by atoms with Crippen LogP contribution in [0.1, 0.15) is 43.2 Å². The van der Waals surface area contributed by atoms with Crippen LogP contribution in [-0.4, -0.2) is 42.3 Å². The average Bonchev–Trinajstić information content (AvgIpc) is 3.42. The van der Waals surface area contributed by atoms with Crippen LogP contribution < -0.4 is 10.6 Å². The van der Waals surface area contributed by atoms with E-state index in [0.717, 1.165) is 11.1 Å². The standard InChI is InChI=1S/C27H30N2O5/c1-2-17(13-25(30)31)15-28-26(32)18-11-12-19(14-18)29-27(33)34-16-24-22-9-5-3-7-20(22)21-8-4-6-10-23(21)24/h3-12,17-19,24H,2,13-16H2,1H3,(H,28,32)(H,29,33)(H,30,31). The summed E-state index contributed by atoms with van der Waals surface area (Å²) >= 11 is 0. The van der Waals surface area contributed by atoms with Crippen LogP contribution in [0.25, 0.3) is 11.1 Å². The smallest absolute Gasteiger partial charge is 0.407 e. The lowest BCUT2D eigenvalue weighted by atomic mass is 9.98. The molecule has 4 rings (SSSR count). The summed E-state index contributed by atoms with van der Waals surface area (Å²) in [5.74, 6) is -1.48. The van der Waals surface area contributed by atoms with Crippen LogP contribution >= 0.6 is 0 Å². The van der Waals surface area contributed by atoms with Crippen molar-refractivity contribution in [1.29, 1.82) is 0 Å². The third-order valence-corrected chi connectivity index (χ3v) is 6.67. The van der Waals surface area contributed by atoms with Crippen LogP contribution in [0.3, 0.4) is 0 Å². The van der Waals surface area contributed by atoms with Gasteiger partial charge in [-0.3, -0.25) is 9.59 Å². The molecule has 0 fully saturated rings. The van der Waals surface area contributed by atoms with Gasteiger partial charge >= 0.3 is 12.1 Å². The number of carboxylic acid groups (broad SMARTS) is 1. The first-order valence-electron chi connectivity index (χ1n) is 11.8. The summed E-state index contributed by atoms with van der Waals surface area (Å²) in [7, 11) is 0. The summed E-state index contributed by atoms with van der Waals surface area (Å²) < 4.78 is 5.59. The van der Waals surface area contributed by atoms with Gasteiger partial charge in [0.1, 0.15) is 6.61 Å². The first-order chi connectivity index (χ1) is 16.5. The molecule has 3 atom stereocenters. The van der Waals surface area contributed by atoms with Gasteiger partial charge in [-0.2, -0.15) is 0 Å². The van der Waals surface area contributed by atoms with Crippen molar-refractivity contribution in [1.82, 2.24) is 10.6 Å². The van der Waals surface area contributed by atoms with Crippen LogP contribution in [-0.2, 0) is 14.3 Å². The number of hydrogen-bond donors (Lipinski definition) is 3. The summed E-state index contributed by atoms with van der Waals surface area (Å²) in [5, 5.41) is 14.6. The molecule has 0 aliphatic heterocycles. The number of carbonyl (C=O) groups excluding carboxylic acids is 2. The van der Waals surface area contributed by atoms with E-state index in [1.54, 1.807) is 12.2 Å². The lowest BCUT2D eigenvalue weighted by Gasteiger charge is -2.18. The Bertz CT molecular complexity index is 1050. The van der Waals surface area contributed by atoms with Crippen molar-refractivity contribution in [3.05, 3.63) is 71.8 Å². The third-order valence-electron chi connectivity index (χ3n) is 6.67. The zero-order chi connectivity index (χ0) is 24.1. The molecule has 34 heavy (non-hydrogen) atoms. The van der Waals surface area contributed by atoms with Gasteiger partial charge in [0.2, 0.25) is 5.91 Å². The van der Waals surface area contributed by atoms with Crippen LogP contribution in [0.5, 0.6) is 0 Å². The highest BCUT2D eigenvalue weighted by atomic mass is 16.5. The molecule has 2 amide bonds. The number of fused-ring (bicyclic) bond motifs is 3. The fraction of sp³-hybridized carbons (Fsp3) is 0.370. The average molecular weight is 463 g/mol. The van der Waals surface area contributed by atoms with E-state index in [1.165, 1.54) is 11.1 Å². The lowest BCUT2D eigenvalue weighted by molar-refractivity contribution is -0.138. The maximum absolute atomic E-state index is 12.5. The summed E-state index contributed by atoms with van der Waals surface area (Å²) in [6.07, 6.45) is 4.24.